The first-order valence-corrected chi connectivity index (χ1v) is 7.53. The second kappa shape index (κ2) is 6.44. The average molecular weight is 306 g/mol. The van der Waals surface area contributed by atoms with E-state index < -0.39 is 0 Å². The van der Waals surface area contributed by atoms with Gasteiger partial charge in [0.25, 0.3) is 5.91 Å². The van der Waals surface area contributed by atoms with Crippen molar-refractivity contribution in [2.24, 2.45) is 5.10 Å². The summed E-state index contributed by atoms with van der Waals surface area (Å²) >= 11 is 0. The zero-order valence-electron chi connectivity index (χ0n) is 13.2. The molecule has 0 aliphatic carbocycles. The fraction of sp³-hybridized carbons (Fsp3) is 0.167. The quantitative estimate of drug-likeness (QED) is 0.594. The normalized spacial score (nSPS) is 11.2. The van der Waals surface area contributed by atoms with Gasteiger partial charge in [0.05, 0.1) is 6.21 Å². The van der Waals surface area contributed by atoms with Crippen molar-refractivity contribution in [2.75, 3.05) is 0 Å². The van der Waals surface area contributed by atoms with Crippen LogP contribution in [0.15, 0.2) is 53.9 Å². The predicted molar refractivity (Wildman–Crippen MR) is 91.6 cm³/mol. The third kappa shape index (κ3) is 2.85. The summed E-state index contributed by atoms with van der Waals surface area (Å²) < 4.78 is 2.24. The van der Waals surface area contributed by atoms with Crippen LogP contribution >= 0.6 is 0 Å². The number of carbonyl (C=O) groups excluding carboxylic acids is 1. The molecule has 3 aromatic rings. The number of hydrogen-bond acceptors (Lipinski definition) is 3. The number of aryl methyl sites for hydroxylation is 1. The molecular formula is C18H18N4O. The molecule has 0 saturated carbocycles. The number of para-hydroxylation sites is 1. The van der Waals surface area contributed by atoms with Gasteiger partial charge < -0.3 is 4.57 Å². The van der Waals surface area contributed by atoms with E-state index in [0.29, 0.717) is 5.56 Å². The maximum absolute atomic E-state index is 12.0. The predicted octanol–water partition coefficient (Wildman–Crippen LogP) is 3.13. The molecule has 2 aromatic heterocycles. The van der Waals surface area contributed by atoms with Crippen LogP contribution in [0.25, 0.3) is 10.9 Å². The van der Waals surface area contributed by atoms with Crippen LogP contribution in [0.3, 0.4) is 0 Å². The van der Waals surface area contributed by atoms with Gasteiger partial charge >= 0.3 is 0 Å². The third-order valence-electron chi connectivity index (χ3n) is 3.90. The van der Waals surface area contributed by atoms with Crippen LogP contribution in [0.5, 0.6) is 0 Å². The monoisotopic (exact) mass is 306 g/mol. The number of carbonyl (C=O) groups is 1. The van der Waals surface area contributed by atoms with E-state index in [0.717, 1.165) is 23.2 Å². The lowest BCUT2D eigenvalue weighted by molar-refractivity contribution is 0.0955. The Morgan fingerprint density at radius 3 is 2.74 bits per heavy atom. The molecule has 0 atom stereocenters. The van der Waals surface area contributed by atoms with Crippen LogP contribution in [0, 0.1) is 6.92 Å². The smallest absolute Gasteiger partial charge is 0.271 e. The van der Waals surface area contributed by atoms with Gasteiger partial charge in [-0.3, -0.25) is 9.78 Å². The second-order valence-corrected chi connectivity index (χ2v) is 5.20. The van der Waals surface area contributed by atoms with Crippen molar-refractivity contribution in [3.63, 3.8) is 0 Å². The van der Waals surface area contributed by atoms with E-state index in [1.54, 1.807) is 30.7 Å². The number of hydrogen-bond donors (Lipinski definition) is 1. The number of fused-ring (bicyclic) bond motifs is 1. The minimum Gasteiger partial charge on any atom is -0.344 e. The van der Waals surface area contributed by atoms with Gasteiger partial charge in [-0.05, 0) is 32.0 Å². The summed E-state index contributed by atoms with van der Waals surface area (Å²) in [6.07, 6.45) is 4.87. The lowest BCUT2D eigenvalue weighted by Crippen LogP contribution is -2.17. The van der Waals surface area contributed by atoms with Crippen molar-refractivity contribution in [1.82, 2.24) is 15.0 Å². The molecule has 0 saturated heterocycles. The summed E-state index contributed by atoms with van der Waals surface area (Å²) in [5.74, 6) is -0.250. The zero-order chi connectivity index (χ0) is 16.2. The van der Waals surface area contributed by atoms with E-state index in [4.69, 9.17) is 0 Å². The average Bonchev–Trinajstić information content (AvgIpc) is 2.87. The van der Waals surface area contributed by atoms with Crippen LogP contribution in [-0.4, -0.2) is 21.7 Å². The molecule has 5 heteroatoms. The van der Waals surface area contributed by atoms with Gasteiger partial charge in [0.15, 0.2) is 0 Å². The lowest BCUT2D eigenvalue weighted by Gasteiger charge is -2.03. The maximum Gasteiger partial charge on any atom is 0.271 e. The molecule has 5 nitrogen and oxygen atoms in total. The molecule has 0 radical (unpaired) electrons. The Balaban J connectivity index is 1.87. The van der Waals surface area contributed by atoms with E-state index in [1.165, 1.54) is 5.52 Å². The minimum absolute atomic E-state index is 0.250. The molecule has 116 valence electrons. The topological polar surface area (TPSA) is 59.3 Å². The van der Waals surface area contributed by atoms with Crippen LogP contribution in [0.2, 0.25) is 0 Å². The molecule has 1 N–H and O–H groups in total. The van der Waals surface area contributed by atoms with Crippen molar-refractivity contribution >= 4 is 23.0 Å². The van der Waals surface area contributed by atoms with Crippen LogP contribution < -0.4 is 5.43 Å². The molecule has 1 aromatic carbocycles. The summed E-state index contributed by atoms with van der Waals surface area (Å²) in [6.45, 7) is 5.07. The molecule has 0 unspecified atom stereocenters. The van der Waals surface area contributed by atoms with Crippen molar-refractivity contribution in [1.29, 1.82) is 0 Å². The molecule has 0 fully saturated rings. The summed E-state index contributed by atoms with van der Waals surface area (Å²) in [6, 6.07) is 11.5. The van der Waals surface area contributed by atoms with Crippen LogP contribution in [-0.2, 0) is 6.54 Å². The molecule has 0 spiro atoms. The summed E-state index contributed by atoms with van der Waals surface area (Å²) in [7, 11) is 0. The maximum atomic E-state index is 12.0. The number of amides is 1. The molecule has 0 aliphatic rings. The van der Waals surface area contributed by atoms with Crippen molar-refractivity contribution < 1.29 is 4.79 Å². The van der Waals surface area contributed by atoms with E-state index in [-0.39, 0.29) is 5.91 Å². The highest BCUT2D eigenvalue weighted by Crippen LogP contribution is 2.24. The Labute approximate surface area is 134 Å². The number of nitrogens with one attached hydrogen (secondary N) is 1. The number of rotatable bonds is 4. The van der Waals surface area contributed by atoms with Gasteiger partial charge in [0, 0.05) is 46.7 Å². The molecule has 0 bridgehead atoms. The molecule has 23 heavy (non-hydrogen) atoms. The lowest BCUT2D eigenvalue weighted by atomic mass is 10.1. The summed E-state index contributed by atoms with van der Waals surface area (Å²) in [5, 5.41) is 5.25. The molecule has 0 aliphatic heterocycles. The summed E-state index contributed by atoms with van der Waals surface area (Å²) in [5.41, 5.74) is 6.43. The van der Waals surface area contributed by atoms with Gasteiger partial charge in [-0.25, -0.2) is 5.43 Å². The number of aromatic nitrogens is 2. The highest BCUT2D eigenvalue weighted by molar-refractivity contribution is 6.02. The molecule has 1 amide bonds. The van der Waals surface area contributed by atoms with Gasteiger partial charge in [0.2, 0.25) is 0 Å². The number of hydrazone groups is 1. The first-order valence-electron chi connectivity index (χ1n) is 7.53. The van der Waals surface area contributed by atoms with Gasteiger partial charge in [-0.1, -0.05) is 18.2 Å². The number of nitrogens with zero attached hydrogens (tertiary/aromatic N) is 3. The second-order valence-electron chi connectivity index (χ2n) is 5.20. The Hall–Kier alpha value is -2.95. The van der Waals surface area contributed by atoms with Crippen molar-refractivity contribution in [3.8, 4) is 0 Å². The first-order chi connectivity index (χ1) is 11.2. The number of benzene rings is 1. The highest BCUT2D eigenvalue weighted by Gasteiger charge is 2.11. The third-order valence-corrected chi connectivity index (χ3v) is 3.90. The van der Waals surface area contributed by atoms with E-state index in [2.05, 4.69) is 46.1 Å². The van der Waals surface area contributed by atoms with E-state index in [9.17, 15) is 4.79 Å². The van der Waals surface area contributed by atoms with Crippen molar-refractivity contribution in [2.45, 2.75) is 20.4 Å². The van der Waals surface area contributed by atoms with Crippen molar-refractivity contribution in [3.05, 3.63) is 65.6 Å². The van der Waals surface area contributed by atoms with E-state index >= 15 is 0 Å². The SMILES string of the molecule is CCn1c(C)c(/C=N\NC(=O)c2ccncc2)c2ccccc21. The Morgan fingerprint density at radius 1 is 1.26 bits per heavy atom. The minimum atomic E-state index is -0.250. The van der Waals surface area contributed by atoms with Crippen LogP contribution in [0.1, 0.15) is 28.5 Å². The van der Waals surface area contributed by atoms with Gasteiger partial charge in [-0.15, -0.1) is 0 Å². The highest BCUT2D eigenvalue weighted by atomic mass is 16.2. The largest absolute Gasteiger partial charge is 0.344 e. The number of pyridine rings is 1. The van der Waals surface area contributed by atoms with Gasteiger partial charge in [0.1, 0.15) is 0 Å². The Kier molecular flexibility index (Phi) is 4.19. The Morgan fingerprint density at radius 2 is 2.00 bits per heavy atom. The fourth-order valence-corrected chi connectivity index (χ4v) is 2.75. The molecule has 2 heterocycles. The molecule has 3 rings (SSSR count). The standard InChI is InChI=1S/C18H18N4O/c1-3-22-13(2)16(15-6-4-5-7-17(15)22)12-20-21-18(23)14-8-10-19-11-9-14/h4-12H,3H2,1-2H3,(H,21,23)/b20-12-. The van der Waals surface area contributed by atoms with E-state index in [1.807, 2.05) is 12.1 Å². The first kappa shape index (κ1) is 15.0. The zero-order valence-corrected chi connectivity index (χ0v) is 13.2. The fourth-order valence-electron chi connectivity index (χ4n) is 2.75. The summed E-state index contributed by atoms with van der Waals surface area (Å²) in [4.78, 5) is 15.9. The Bertz CT molecular complexity index is 865. The van der Waals surface area contributed by atoms with Gasteiger partial charge in [-0.2, -0.15) is 5.10 Å². The molecular weight excluding hydrogens is 288 g/mol. The van der Waals surface area contributed by atoms with Crippen LogP contribution in [0.4, 0.5) is 0 Å².